The number of hydrogen-bond donors (Lipinski definition) is 1. The Morgan fingerprint density at radius 1 is 0.931 bits per heavy atom. The van der Waals surface area contributed by atoms with Crippen LogP contribution in [0, 0.1) is 11.8 Å². The second kappa shape index (κ2) is 9.48. The highest BCUT2D eigenvalue weighted by atomic mass is 32.2. The third-order valence-corrected chi connectivity index (χ3v) is 5.40. The van der Waals surface area contributed by atoms with E-state index < -0.39 is 0 Å². The molecule has 5 nitrogen and oxygen atoms in total. The molecule has 0 saturated carbocycles. The molecule has 1 aliphatic rings. The molecule has 146 valence electrons. The van der Waals surface area contributed by atoms with Gasteiger partial charge in [0, 0.05) is 48.7 Å². The van der Waals surface area contributed by atoms with Crippen LogP contribution in [0.4, 0.5) is 0 Å². The summed E-state index contributed by atoms with van der Waals surface area (Å²) in [5.74, 6) is 6.28. The van der Waals surface area contributed by atoms with E-state index in [1.165, 1.54) is 12.1 Å². The van der Waals surface area contributed by atoms with Crippen LogP contribution in [0.5, 0.6) is 0 Å². The van der Waals surface area contributed by atoms with Gasteiger partial charge in [-0.2, -0.15) is 0 Å². The molecular formula is C23H21N3O2S. The molecule has 1 aromatic heterocycles. The average Bonchev–Trinajstić information content (AvgIpc) is 3.32. The van der Waals surface area contributed by atoms with Crippen molar-refractivity contribution in [2.75, 3.05) is 26.3 Å². The van der Waals surface area contributed by atoms with E-state index in [-0.39, 0.29) is 5.91 Å². The minimum absolute atomic E-state index is 0.145. The lowest BCUT2D eigenvalue weighted by Gasteiger charge is -2.25. The van der Waals surface area contributed by atoms with Gasteiger partial charge in [-0.15, -0.1) is 0 Å². The number of nitrogens with zero attached hydrogens (tertiary/aromatic N) is 2. The van der Waals surface area contributed by atoms with E-state index in [0.717, 1.165) is 29.9 Å². The molecule has 1 amide bonds. The first kappa shape index (κ1) is 19.3. The molecule has 6 heteroatoms. The highest BCUT2D eigenvalue weighted by molar-refractivity contribution is 7.95. The summed E-state index contributed by atoms with van der Waals surface area (Å²) in [7, 11) is 0. The number of carbonyl (C=O) groups excluding carboxylic acids is 1. The van der Waals surface area contributed by atoms with Gasteiger partial charge in [-0.1, -0.05) is 36.1 Å². The number of hydrogen-bond acceptors (Lipinski definition) is 4. The van der Waals surface area contributed by atoms with Gasteiger partial charge >= 0.3 is 0 Å². The predicted octanol–water partition coefficient (Wildman–Crippen LogP) is 3.50. The number of benzene rings is 2. The molecule has 0 radical (unpaired) electrons. The number of ether oxygens (including phenoxy) is 1. The van der Waals surface area contributed by atoms with Gasteiger partial charge in [0.05, 0.1) is 24.5 Å². The third kappa shape index (κ3) is 4.90. The largest absolute Gasteiger partial charge is 0.379 e. The highest BCUT2D eigenvalue weighted by Crippen LogP contribution is 2.21. The van der Waals surface area contributed by atoms with Crippen LogP contribution >= 0.6 is 12.1 Å². The Kier molecular flexibility index (Phi) is 6.32. The van der Waals surface area contributed by atoms with Crippen molar-refractivity contribution < 1.29 is 9.53 Å². The zero-order valence-corrected chi connectivity index (χ0v) is 16.7. The van der Waals surface area contributed by atoms with Crippen molar-refractivity contribution in [3.63, 3.8) is 0 Å². The van der Waals surface area contributed by atoms with Crippen molar-refractivity contribution in [1.29, 1.82) is 0 Å². The minimum Gasteiger partial charge on any atom is -0.379 e. The summed E-state index contributed by atoms with van der Waals surface area (Å²) >= 11 is 1.33. The molecule has 1 N–H and O–H groups in total. The molecule has 4 rings (SSSR count). The van der Waals surface area contributed by atoms with E-state index in [9.17, 15) is 4.79 Å². The van der Waals surface area contributed by atoms with Crippen LogP contribution < -0.4 is 4.72 Å². The molecule has 0 atom stereocenters. The highest BCUT2D eigenvalue weighted by Gasteiger charge is 2.18. The lowest BCUT2D eigenvalue weighted by molar-refractivity contribution is 0.0765. The molecule has 0 spiro atoms. The zero-order chi connectivity index (χ0) is 19.9. The molecule has 0 unspecified atom stereocenters. The number of rotatable bonds is 4. The Labute approximate surface area is 174 Å². The van der Waals surface area contributed by atoms with Crippen LogP contribution in [0.3, 0.4) is 0 Å². The van der Waals surface area contributed by atoms with Gasteiger partial charge in [-0.05, 0) is 36.4 Å². The van der Waals surface area contributed by atoms with Crippen molar-refractivity contribution in [1.82, 2.24) is 13.6 Å². The zero-order valence-electron chi connectivity index (χ0n) is 15.9. The summed E-state index contributed by atoms with van der Waals surface area (Å²) in [6.07, 6.45) is 3.85. The Hall–Kier alpha value is -2.98. The Bertz CT molecular complexity index is 1020. The van der Waals surface area contributed by atoms with Crippen LogP contribution in [-0.4, -0.2) is 41.1 Å². The molecule has 3 aromatic rings. The quantitative estimate of drug-likeness (QED) is 0.535. The van der Waals surface area contributed by atoms with E-state index in [1.54, 1.807) is 0 Å². The van der Waals surface area contributed by atoms with Gasteiger partial charge in [-0.25, -0.2) is 4.31 Å². The first-order chi connectivity index (χ1) is 14.3. The fourth-order valence-corrected chi connectivity index (χ4v) is 3.70. The Balaban J connectivity index is 1.63. The SMILES string of the molecule is O=C(NSN1CCOCC1)c1cccc(C#Cc2ccccc2)c1-n1cccc1. The van der Waals surface area contributed by atoms with Crippen molar-refractivity contribution in [3.05, 3.63) is 89.7 Å². The van der Waals surface area contributed by atoms with E-state index in [1.807, 2.05) is 77.6 Å². The van der Waals surface area contributed by atoms with Crippen molar-refractivity contribution >= 4 is 18.0 Å². The number of morpholine rings is 1. The van der Waals surface area contributed by atoms with Crippen LogP contribution in [0.25, 0.3) is 5.69 Å². The third-order valence-electron chi connectivity index (χ3n) is 4.50. The maximum absolute atomic E-state index is 13.0. The molecular weight excluding hydrogens is 382 g/mol. The summed E-state index contributed by atoms with van der Waals surface area (Å²) in [6, 6.07) is 19.3. The maximum Gasteiger partial charge on any atom is 0.264 e. The molecule has 0 aliphatic carbocycles. The van der Waals surface area contributed by atoms with E-state index in [2.05, 4.69) is 20.9 Å². The molecule has 29 heavy (non-hydrogen) atoms. The average molecular weight is 404 g/mol. The normalized spacial score (nSPS) is 14.1. The smallest absolute Gasteiger partial charge is 0.264 e. The lowest BCUT2D eigenvalue weighted by Crippen LogP contribution is -2.34. The standard InChI is InChI=1S/C23H21N3O2S/c27-23(24-29-26-15-17-28-18-16-26)21-10-6-9-20(22(21)25-13-4-5-14-25)12-11-19-7-2-1-3-8-19/h1-10,13-14H,15-18H2,(H,24,27). The summed E-state index contributed by atoms with van der Waals surface area (Å²) in [6.45, 7) is 2.94. The van der Waals surface area contributed by atoms with Gasteiger partial charge in [-0.3, -0.25) is 9.52 Å². The molecule has 1 fully saturated rings. The molecule has 1 aliphatic heterocycles. The molecule has 2 aromatic carbocycles. The predicted molar refractivity (Wildman–Crippen MR) is 116 cm³/mol. The number of para-hydroxylation sites is 1. The van der Waals surface area contributed by atoms with Crippen molar-refractivity contribution in [3.8, 4) is 17.5 Å². The number of aromatic nitrogens is 1. The Morgan fingerprint density at radius 3 is 2.45 bits per heavy atom. The fourth-order valence-electron chi connectivity index (χ4n) is 3.05. The van der Waals surface area contributed by atoms with Gasteiger partial charge in [0.25, 0.3) is 5.91 Å². The summed E-state index contributed by atoms with van der Waals surface area (Å²) in [4.78, 5) is 13.0. The molecule has 1 saturated heterocycles. The first-order valence-corrected chi connectivity index (χ1v) is 10.2. The van der Waals surface area contributed by atoms with Crippen LogP contribution in [0.2, 0.25) is 0 Å². The minimum atomic E-state index is -0.145. The van der Waals surface area contributed by atoms with Gasteiger partial charge < -0.3 is 9.30 Å². The van der Waals surface area contributed by atoms with Gasteiger partial charge in [0.2, 0.25) is 0 Å². The van der Waals surface area contributed by atoms with Crippen LogP contribution in [-0.2, 0) is 4.74 Å². The second-order valence-electron chi connectivity index (χ2n) is 6.47. The van der Waals surface area contributed by atoms with Gasteiger partial charge in [0.15, 0.2) is 0 Å². The van der Waals surface area contributed by atoms with Crippen LogP contribution in [0.1, 0.15) is 21.5 Å². The van der Waals surface area contributed by atoms with E-state index >= 15 is 0 Å². The maximum atomic E-state index is 13.0. The van der Waals surface area contributed by atoms with Crippen molar-refractivity contribution in [2.45, 2.75) is 0 Å². The lowest BCUT2D eigenvalue weighted by atomic mass is 10.1. The fraction of sp³-hybridized carbons (Fsp3) is 0.174. The van der Waals surface area contributed by atoms with Gasteiger partial charge in [0.1, 0.15) is 0 Å². The Morgan fingerprint density at radius 2 is 1.69 bits per heavy atom. The number of carbonyl (C=O) groups is 1. The summed E-state index contributed by atoms with van der Waals surface area (Å²) in [5.41, 5.74) is 3.10. The second-order valence-corrected chi connectivity index (χ2v) is 7.38. The van der Waals surface area contributed by atoms with Crippen molar-refractivity contribution in [2.24, 2.45) is 0 Å². The van der Waals surface area contributed by atoms with E-state index in [0.29, 0.717) is 18.8 Å². The summed E-state index contributed by atoms with van der Waals surface area (Å²) < 4.78 is 12.3. The first-order valence-electron chi connectivity index (χ1n) is 9.45. The number of amides is 1. The topological polar surface area (TPSA) is 46.5 Å². The molecule has 2 heterocycles. The summed E-state index contributed by atoms with van der Waals surface area (Å²) in [5, 5.41) is 0. The van der Waals surface area contributed by atoms with Crippen LogP contribution in [0.15, 0.2) is 73.1 Å². The number of nitrogens with one attached hydrogen (secondary N) is 1. The van der Waals surface area contributed by atoms with E-state index in [4.69, 9.17) is 4.74 Å². The molecule has 0 bridgehead atoms. The monoisotopic (exact) mass is 403 g/mol.